The van der Waals surface area contributed by atoms with Crippen molar-refractivity contribution in [1.82, 2.24) is 14.8 Å². The van der Waals surface area contributed by atoms with Crippen LogP contribution in [-0.2, 0) is 4.79 Å². The standard InChI is InChI=1S/C16H15N5O/c1-11(22)20-16-6-4-13(10-18-16)12-3-5-15(14(17)9-12)21-8-2-7-19-21/h2-10H,17H2,1H3,(H,18,20,22). The molecule has 110 valence electrons. The van der Waals surface area contributed by atoms with Crippen molar-refractivity contribution in [1.29, 1.82) is 0 Å². The van der Waals surface area contributed by atoms with Crippen LogP contribution in [0.15, 0.2) is 55.0 Å². The molecule has 0 aliphatic rings. The predicted octanol–water partition coefficient (Wildman–Crippen LogP) is 2.47. The molecule has 0 spiro atoms. The van der Waals surface area contributed by atoms with Crippen molar-refractivity contribution >= 4 is 17.4 Å². The van der Waals surface area contributed by atoms with Gasteiger partial charge in [-0.2, -0.15) is 5.10 Å². The van der Waals surface area contributed by atoms with Gasteiger partial charge in [0.15, 0.2) is 0 Å². The minimum atomic E-state index is -0.145. The lowest BCUT2D eigenvalue weighted by molar-refractivity contribution is -0.114. The molecular weight excluding hydrogens is 278 g/mol. The summed E-state index contributed by atoms with van der Waals surface area (Å²) in [5.41, 5.74) is 9.45. The summed E-state index contributed by atoms with van der Waals surface area (Å²) in [5.74, 6) is 0.380. The van der Waals surface area contributed by atoms with Gasteiger partial charge in [-0.05, 0) is 35.9 Å². The topological polar surface area (TPSA) is 85.8 Å². The maximum atomic E-state index is 11.0. The molecule has 0 saturated heterocycles. The number of hydrogen-bond acceptors (Lipinski definition) is 4. The van der Waals surface area contributed by atoms with E-state index in [9.17, 15) is 4.79 Å². The normalized spacial score (nSPS) is 10.4. The first kappa shape index (κ1) is 13.8. The van der Waals surface area contributed by atoms with E-state index < -0.39 is 0 Å². The maximum Gasteiger partial charge on any atom is 0.222 e. The molecule has 1 aromatic carbocycles. The van der Waals surface area contributed by atoms with Crippen molar-refractivity contribution < 1.29 is 4.79 Å². The molecule has 0 bridgehead atoms. The molecule has 3 rings (SSSR count). The fourth-order valence-electron chi connectivity index (χ4n) is 2.17. The smallest absolute Gasteiger partial charge is 0.222 e. The Labute approximate surface area is 127 Å². The highest BCUT2D eigenvalue weighted by molar-refractivity contribution is 5.87. The lowest BCUT2D eigenvalue weighted by Gasteiger charge is -2.09. The number of aromatic nitrogens is 3. The molecule has 3 aromatic rings. The number of pyridine rings is 1. The van der Waals surface area contributed by atoms with E-state index in [-0.39, 0.29) is 5.91 Å². The van der Waals surface area contributed by atoms with Crippen LogP contribution in [0.25, 0.3) is 16.8 Å². The van der Waals surface area contributed by atoms with E-state index in [1.165, 1.54) is 6.92 Å². The summed E-state index contributed by atoms with van der Waals surface area (Å²) in [4.78, 5) is 15.2. The third kappa shape index (κ3) is 2.80. The summed E-state index contributed by atoms with van der Waals surface area (Å²) in [5, 5.41) is 6.81. The fourth-order valence-corrected chi connectivity index (χ4v) is 2.17. The van der Waals surface area contributed by atoms with E-state index in [1.54, 1.807) is 23.1 Å². The fraction of sp³-hybridized carbons (Fsp3) is 0.0625. The van der Waals surface area contributed by atoms with Gasteiger partial charge in [-0.1, -0.05) is 6.07 Å². The van der Waals surface area contributed by atoms with E-state index in [1.807, 2.05) is 36.5 Å². The molecule has 0 aliphatic carbocycles. The zero-order valence-corrected chi connectivity index (χ0v) is 12.0. The molecule has 0 atom stereocenters. The lowest BCUT2D eigenvalue weighted by Crippen LogP contribution is -2.06. The molecule has 6 nitrogen and oxygen atoms in total. The van der Waals surface area contributed by atoms with Gasteiger partial charge in [0, 0.05) is 31.1 Å². The molecule has 0 unspecified atom stereocenters. The summed E-state index contributed by atoms with van der Waals surface area (Å²) in [6.45, 7) is 1.45. The minimum absolute atomic E-state index is 0.145. The van der Waals surface area contributed by atoms with Gasteiger partial charge in [-0.3, -0.25) is 4.79 Å². The average Bonchev–Trinajstić information content (AvgIpc) is 3.01. The maximum absolute atomic E-state index is 11.0. The Bertz CT molecular complexity index is 794. The number of nitrogens with two attached hydrogens (primary N) is 1. The monoisotopic (exact) mass is 293 g/mol. The molecule has 2 heterocycles. The van der Waals surface area contributed by atoms with Crippen LogP contribution in [-0.4, -0.2) is 20.7 Å². The molecule has 2 aromatic heterocycles. The van der Waals surface area contributed by atoms with Crippen LogP contribution in [0.1, 0.15) is 6.92 Å². The Hall–Kier alpha value is -3.15. The predicted molar refractivity (Wildman–Crippen MR) is 85.5 cm³/mol. The first-order valence-corrected chi connectivity index (χ1v) is 6.77. The highest BCUT2D eigenvalue weighted by Crippen LogP contribution is 2.26. The highest BCUT2D eigenvalue weighted by Gasteiger charge is 2.06. The van der Waals surface area contributed by atoms with Gasteiger partial charge in [-0.15, -0.1) is 0 Å². The number of carbonyl (C=O) groups is 1. The Morgan fingerprint density at radius 2 is 2.05 bits per heavy atom. The van der Waals surface area contributed by atoms with Crippen LogP contribution in [0.2, 0.25) is 0 Å². The highest BCUT2D eigenvalue weighted by atomic mass is 16.1. The number of nitrogen functional groups attached to an aromatic ring is 1. The third-order valence-electron chi connectivity index (χ3n) is 3.18. The zero-order chi connectivity index (χ0) is 15.5. The number of anilines is 2. The van der Waals surface area contributed by atoms with Crippen LogP contribution in [0, 0.1) is 0 Å². The van der Waals surface area contributed by atoms with Crippen molar-refractivity contribution in [3.8, 4) is 16.8 Å². The molecule has 1 amide bonds. The van der Waals surface area contributed by atoms with Crippen molar-refractivity contribution in [2.75, 3.05) is 11.1 Å². The number of carbonyl (C=O) groups excluding carboxylic acids is 1. The van der Waals surface area contributed by atoms with Gasteiger partial charge in [-0.25, -0.2) is 9.67 Å². The van der Waals surface area contributed by atoms with Gasteiger partial charge < -0.3 is 11.1 Å². The SMILES string of the molecule is CC(=O)Nc1ccc(-c2ccc(-n3cccn3)c(N)c2)cn1. The molecule has 0 aliphatic heterocycles. The largest absolute Gasteiger partial charge is 0.397 e. The van der Waals surface area contributed by atoms with Gasteiger partial charge >= 0.3 is 0 Å². The Kier molecular flexibility index (Phi) is 3.57. The summed E-state index contributed by atoms with van der Waals surface area (Å²) in [6, 6.07) is 11.3. The number of hydrogen-bond donors (Lipinski definition) is 2. The molecule has 0 fully saturated rings. The van der Waals surface area contributed by atoms with Crippen LogP contribution in [0.5, 0.6) is 0 Å². The van der Waals surface area contributed by atoms with E-state index >= 15 is 0 Å². The van der Waals surface area contributed by atoms with Crippen molar-refractivity contribution in [3.05, 3.63) is 55.0 Å². The second-order valence-electron chi connectivity index (χ2n) is 4.84. The molecule has 3 N–H and O–H groups in total. The van der Waals surface area contributed by atoms with E-state index in [4.69, 9.17) is 5.73 Å². The van der Waals surface area contributed by atoms with Crippen LogP contribution in [0.4, 0.5) is 11.5 Å². The summed E-state index contributed by atoms with van der Waals surface area (Å²) in [7, 11) is 0. The minimum Gasteiger partial charge on any atom is -0.397 e. The van der Waals surface area contributed by atoms with Crippen molar-refractivity contribution in [2.24, 2.45) is 0 Å². The Morgan fingerprint density at radius 3 is 2.64 bits per heavy atom. The van der Waals surface area contributed by atoms with E-state index in [0.717, 1.165) is 16.8 Å². The van der Waals surface area contributed by atoms with Gasteiger partial charge in [0.1, 0.15) is 5.82 Å². The first-order valence-electron chi connectivity index (χ1n) is 6.77. The summed E-state index contributed by atoms with van der Waals surface area (Å²) >= 11 is 0. The molecule has 22 heavy (non-hydrogen) atoms. The van der Waals surface area contributed by atoms with Crippen LogP contribution in [0.3, 0.4) is 0 Å². The van der Waals surface area contributed by atoms with Crippen molar-refractivity contribution in [2.45, 2.75) is 6.92 Å². The van der Waals surface area contributed by atoms with E-state index in [2.05, 4.69) is 15.4 Å². The number of nitrogens with one attached hydrogen (secondary N) is 1. The quantitative estimate of drug-likeness (QED) is 0.726. The molecule has 6 heteroatoms. The number of rotatable bonds is 3. The Morgan fingerprint density at radius 1 is 1.23 bits per heavy atom. The second kappa shape index (κ2) is 5.69. The van der Waals surface area contributed by atoms with Crippen LogP contribution >= 0.6 is 0 Å². The lowest BCUT2D eigenvalue weighted by atomic mass is 10.1. The van der Waals surface area contributed by atoms with Crippen molar-refractivity contribution in [3.63, 3.8) is 0 Å². The van der Waals surface area contributed by atoms with Gasteiger partial charge in [0.2, 0.25) is 5.91 Å². The van der Waals surface area contributed by atoms with Gasteiger partial charge in [0.25, 0.3) is 0 Å². The summed E-state index contributed by atoms with van der Waals surface area (Å²) in [6.07, 6.45) is 5.25. The summed E-state index contributed by atoms with van der Waals surface area (Å²) < 4.78 is 1.72. The Balaban J connectivity index is 1.89. The van der Waals surface area contributed by atoms with Gasteiger partial charge in [0.05, 0.1) is 11.4 Å². The molecule has 0 radical (unpaired) electrons. The molecular formula is C16H15N5O. The third-order valence-corrected chi connectivity index (χ3v) is 3.18. The number of benzene rings is 1. The average molecular weight is 293 g/mol. The first-order chi connectivity index (χ1) is 10.6. The zero-order valence-electron chi connectivity index (χ0n) is 12.0. The number of nitrogens with zero attached hydrogens (tertiary/aromatic N) is 3. The molecule has 0 saturated carbocycles. The second-order valence-corrected chi connectivity index (χ2v) is 4.84. The van der Waals surface area contributed by atoms with E-state index in [0.29, 0.717) is 11.5 Å². The van der Waals surface area contributed by atoms with Crippen LogP contribution < -0.4 is 11.1 Å². The number of amides is 1.